The highest BCUT2D eigenvalue weighted by Crippen LogP contribution is 2.31. The second-order valence-corrected chi connectivity index (χ2v) is 3.75. The molecule has 0 amide bonds. The smallest absolute Gasteiger partial charge is 0.416 e. The summed E-state index contributed by atoms with van der Waals surface area (Å²) in [5.74, 6) is -1.75. The maximum absolute atomic E-state index is 12.5. The zero-order chi connectivity index (χ0) is 14.8. The molecule has 0 fully saturated rings. The Labute approximate surface area is 110 Å². The number of nitrogens with zero attached hydrogens (tertiary/aromatic N) is 1. The van der Waals surface area contributed by atoms with Crippen molar-refractivity contribution in [1.82, 2.24) is 4.98 Å². The molecule has 2 aromatic rings. The fourth-order valence-electron chi connectivity index (χ4n) is 1.39. The lowest BCUT2D eigenvalue weighted by molar-refractivity contribution is -0.137. The molecule has 0 saturated carbocycles. The van der Waals surface area contributed by atoms with Gasteiger partial charge in [-0.15, -0.1) is 0 Å². The van der Waals surface area contributed by atoms with Crippen molar-refractivity contribution < 1.29 is 32.2 Å². The van der Waals surface area contributed by atoms with Gasteiger partial charge in [0.1, 0.15) is 12.4 Å². The first-order chi connectivity index (χ1) is 9.36. The molecule has 0 aliphatic rings. The second-order valence-electron chi connectivity index (χ2n) is 3.75. The lowest BCUT2D eigenvalue weighted by atomic mass is 10.2. The maximum atomic E-state index is 12.5. The topological polar surface area (TPSA) is 72.6 Å². The van der Waals surface area contributed by atoms with Crippen LogP contribution >= 0.6 is 0 Å². The van der Waals surface area contributed by atoms with E-state index >= 15 is 0 Å². The summed E-state index contributed by atoms with van der Waals surface area (Å²) in [6, 6.07) is 4.32. The van der Waals surface area contributed by atoms with Crippen LogP contribution in [0.3, 0.4) is 0 Å². The third kappa shape index (κ3) is 3.28. The zero-order valence-corrected chi connectivity index (χ0v) is 9.85. The summed E-state index contributed by atoms with van der Waals surface area (Å²) < 4.78 is 47.3. The van der Waals surface area contributed by atoms with E-state index in [4.69, 9.17) is 14.3 Å². The minimum atomic E-state index is -4.46. The number of aromatic nitrogens is 1. The molecule has 0 radical (unpaired) electrons. The lowest BCUT2D eigenvalue weighted by Crippen LogP contribution is -2.05. The number of aromatic carboxylic acids is 1. The van der Waals surface area contributed by atoms with E-state index < -0.39 is 23.6 Å². The highest BCUT2D eigenvalue weighted by atomic mass is 19.4. The number of carboxylic acid groups (broad SMARTS) is 1. The van der Waals surface area contributed by atoms with Crippen LogP contribution in [0.15, 0.2) is 34.9 Å². The molecule has 0 spiro atoms. The standard InChI is InChI=1S/C12H8F3NO4/c13-12(14,15)7-2-1-3-8(4-7)19-6-9-5-16-10(20-9)11(17)18/h1-5H,6H2,(H,17,18). The molecule has 5 nitrogen and oxygen atoms in total. The van der Waals surface area contributed by atoms with Crippen molar-refractivity contribution in [3.8, 4) is 5.75 Å². The number of oxazole rings is 1. The Bertz CT molecular complexity index is 621. The quantitative estimate of drug-likeness (QED) is 0.935. The molecular formula is C12H8F3NO4. The molecule has 20 heavy (non-hydrogen) atoms. The molecule has 0 bridgehead atoms. The van der Waals surface area contributed by atoms with E-state index in [1.165, 1.54) is 12.1 Å². The fraction of sp³-hybridized carbons (Fsp3) is 0.167. The van der Waals surface area contributed by atoms with Crippen molar-refractivity contribution in [2.75, 3.05) is 0 Å². The largest absolute Gasteiger partial charge is 0.486 e. The average molecular weight is 287 g/mol. The summed E-state index contributed by atoms with van der Waals surface area (Å²) in [6.07, 6.45) is -3.32. The number of halogens is 3. The van der Waals surface area contributed by atoms with Crippen LogP contribution in [0.4, 0.5) is 13.2 Å². The molecule has 2 rings (SSSR count). The fourth-order valence-corrected chi connectivity index (χ4v) is 1.39. The van der Waals surface area contributed by atoms with Crippen molar-refractivity contribution in [2.45, 2.75) is 12.8 Å². The molecule has 0 aliphatic heterocycles. The SMILES string of the molecule is O=C(O)c1ncc(COc2cccc(C(F)(F)F)c2)o1. The summed E-state index contributed by atoms with van der Waals surface area (Å²) in [4.78, 5) is 14.0. The van der Waals surface area contributed by atoms with E-state index in [0.29, 0.717) is 0 Å². The first-order valence-electron chi connectivity index (χ1n) is 5.34. The molecule has 1 N–H and O–H groups in total. The summed E-state index contributed by atoms with van der Waals surface area (Å²) in [6.45, 7) is -0.221. The predicted octanol–water partition coefficient (Wildman–Crippen LogP) is 2.97. The van der Waals surface area contributed by atoms with Crippen LogP contribution < -0.4 is 4.74 Å². The van der Waals surface area contributed by atoms with Crippen LogP contribution in [-0.4, -0.2) is 16.1 Å². The highest BCUT2D eigenvalue weighted by molar-refractivity contribution is 5.81. The van der Waals surface area contributed by atoms with Gasteiger partial charge < -0.3 is 14.3 Å². The first kappa shape index (κ1) is 13.9. The Morgan fingerprint density at radius 2 is 2.15 bits per heavy atom. The lowest BCUT2D eigenvalue weighted by Gasteiger charge is -2.09. The number of rotatable bonds is 4. The molecule has 1 heterocycles. The number of carboxylic acids is 1. The predicted molar refractivity (Wildman–Crippen MR) is 59.2 cm³/mol. The Balaban J connectivity index is 2.05. The number of hydrogen-bond acceptors (Lipinski definition) is 4. The normalized spacial score (nSPS) is 11.3. The molecule has 8 heteroatoms. The molecule has 1 aromatic heterocycles. The van der Waals surface area contributed by atoms with E-state index in [1.54, 1.807) is 0 Å². The zero-order valence-electron chi connectivity index (χ0n) is 9.85. The van der Waals surface area contributed by atoms with Gasteiger partial charge in [-0.25, -0.2) is 9.78 Å². The molecule has 106 valence electrons. The van der Waals surface area contributed by atoms with Gasteiger partial charge in [-0.1, -0.05) is 6.07 Å². The minimum absolute atomic E-state index is 0.00639. The van der Waals surface area contributed by atoms with Gasteiger partial charge >= 0.3 is 18.0 Å². The van der Waals surface area contributed by atoms with Crippen molar-refractivity contribution in [3.05, 3.63) is 47.7 Å². The molecule has 1 aromatic carbocycles. The van der Waals surface area contributed by atoms with Gasteiger partial charge in [0.2, 0.25) is 0 Å². The van der Waals surface area contributed by atoms with Crippen molar-refractivity contribution in [1.29, 1.82) is 0 Å². The molecule has 0 saturated heterocycles. The average Bonchev–Trinajstić information content (AvgIpc) is 2.85. The Kier molecular flexibility index (Phi) is 3.64. The van der Waals surface area contributed by atoms with Gasteiger partial charge in [-0.05, 0) is 18.2 Å². The number of benzene rings is 1. The highest BCUT2D eigenvalue weighted by Gasteiger charge is 2.30. The Hall–Kier alpha value is -2.51. The van der Waals surface area contributed by atoms with Crippen molar-refractivity contribution in [3.63, 3.8) is 0 Å². The van der Waals surface area contributed by atoms with Crippen LogP contribution in [0.25, 0.3) is 0 Å². The number of hydrogen-bond donors (Lipinski definition) is 1. The van der Waals surface area contributed by atoms with Crippen molar-refractivity contribution in [2.24, 2.45) is 0 Å². The van der Waals surface area contributed by atoms with E-state index in [9.17, 15) is 18.0 Å². The molecule has 0 atom stereocenters. The summed E-state index contributed by atoms with van der Waals surface area (Å²) in [5.41, 5.74) is -0.834. The third-order valence-electron chi connectivity index (χ3n) is 2.28. The van der Waals surface area contributed by atoms with E-state index in [0.717, 1.165) is 18.3 Å². The molecule has 0 aliphatic carbocycles. The van der Waals surface area contributed by atoms with Gasteiger partial charge in [-0.2, -0.15) is 13.2 Å². The van der Waals surface area contributed by atoms with Crippen LogP contribution in [0.2, 0.25) is 0 Å². The molecule has 0 unspecified atom stereocenters. The van der Waals surface area contributed by atoms with Gasteiger partial charge in [0.05, 0.1) is 11.8 Å². The summed E-state index contributed by atoms with van der Waals surface area (Å²) in [7, 11) is 0. The van der Waals surface area contributed by atoms with E-state index in [-0.39, 0.29) is 18.1 Å². The number of alkyl halides is 3. The third-order valence-corrected chi connectivity index (χ3v) is 2.28. The Morgan fingerprint density at radius 3 is 2.75 bits per heavy atom. The van der Waals surface area contributed by atoms with Gasteiger partial charge in [-0.3, -0.25) is 0 Å². The van der Waals surface area contributed by atoms with Crippen LogP contribution in [0, 0.1) is 0 Å². The Morgan fingerprint density at radius 1 is 1.40 bits per heavy atom. The summed E-state index contributed by atoms with van der Waals surface area (Å²) >= 11 is 0. The summed E-state index contributed by atoms with van der Waals surface area (Å²) in [5, 5.41) is 8.59. The van der Waals surface area contributed by atoms with E-state index in [2.05, 4.69) is 4.98 Å². The van der Waals surface area contributed by atoms with E-state index in [1.807, 2.05) is 0 Å². The molecular weight excluding hydrogens is 279 g/mol. The first-order valence-corrected chi connectivity index (χ1v) is 5.34. The minimum Gasteiger partial charge on any atom is -0.486 e. The van der Waals surface area contributed by atoms with Crippen LogP contribution in [0.1, 0.15) is 22.0 Å². The second kappa shape index (κ2) is 5.24. The maximum Gasteiger partial charge on any atom is 0.416 e. The van der Waals surface area contributed by atoms with Gasteiger partial charge in [0.25, 0.3) is 0 Å². The number of ether oxygens (including phenoxy) is 1. The van der Waals surface area contributed by atoms with Gasteiger partial charge in [0.15, 0.2) is 5.76 Å². The monoisotopic (exact) mass is 287 g/mol. The van der Waals surface area contributed by atoms with Gasteiger partial charge in [0, 0.05) is 0 Å². The number of carbonyl (C=O) groups is 1. The van der Waals surface area contributed by atoms with Crippen LogP contribution in [-0.2, 0) is 12.8 Å². The van der Waals surface area contributed by atoms with Crippen molar-refractivity contribution >= 4 is 5.97 Å². The van der Waals surface area contributed by atoms with Crippen LogP contribution in [0.5, 0.6) is 5.75 Å².